The number of aromatic nitrogens is 2. The van der Waals surface area contributed by atoms with Crippen molar-refractivity contribution in [3.8, 4) is 0 Å². The van der Waals surface area contributed by atoms with E-state index < -0.39 is 18.2 Å². The van der Waals surface area contributed by atoms with Crippen LogP contribution in [0.5, 0.6) is 0 Å². The average Bonchev–Trinajstić information content (AvgIpc) is 3.05. The third-order valence-electron chi connectivity index (χ3n) is 4.98. The summed E-state index contributed by atoms with van der Waals surface area (Å²) in [6.07, 6.45) is -5.08. The highest BCUT2D eigenvalue weighted by atomic mass is 19.4. The van der Waals surface area contributed by atoms with Crippen LogP contribution in [0.2, 0.25) is 0 Å². The van der Waals surface area contributed by atoms with Gasteiger partial charge in [0.25, 0.3) is 0 Å². The molecule has 0 saturated heterocycles. The molecular weight excluding hydrogens is 381 g/mol. The van der Waals surface area contributed by atoms with Crippen LogP contribution in [-0.2, 0) is 17.5 Å². The Kier molecular flexibility index (Phi) is 4.74. The molecule has 0 amide bonds. The summed E-state index contributed by atoms with van der Waals surface area (Å²) in [5.41, 5.74) is 0.863. The van der Waals surface area contributed by atoms with Crippen LogP contribution in [0.1, 0.15) is 23.7 Å². The number of carbonyl (C=O) groups is 1. The number of para-hydroxylation sites is 2. The molecule has 7 heteroatoms. The number of fused-ring (bicyclic) bond motifs is 2. The van der Waals surface area contributed by atoms with Crippen LogP contribution >= 0.6 is 0 Å². The molecule has 1 aromatic heterocycles. The molecule has 29 heavy (non-hydrogen) atoms. The van der Waals surface area contributed by atoms with Crippen molar-refractivity contribution in [2.75, 3.05) is 0 Å². The van der Waals surface area contributed by atoms with E-state index in [0.29, 0.717) is 5.56 Å². The van der Waals surface area contributed by atoms with Gasteiger partial charge < -0.3 is 5.11 Å². The quantitative estimate of drug-likeness (QED) is 0.485. The monoisotopic (exact) mass is 398 g/mol. The molecule has 4 aromatic rings. The summed E-state index contributed by atoms with van der Waals surface area (Å²) in [6.45, 7) is 0. The van der Waals surface area contributed by atoms with Gasteiger partial charge in [-0.3, -0.25) is 4.79 Å². The molecule has 0 aliphatic rings. The standard InChI is InChI=1S/C22H17F3N2O2/c23-22(24,25)27-19-8-4-3-7-18(19)26-20(27)12-17(13-21(28)29)16-10-9-14-5-1-2-6-15(14)11-16/h1-11,17H,12-13H2,(H,28,29). The molecule has 148 valence electrons. The number of alkyl halides is 3. The van der Waals surface area contributed by atoms with Crippen LogP contribution in [0.3, 0.4) is 0 Å². The summed E-state index contributed by atoms with van der Waals surface area (Å²) < 4.78 is 41.5. The molecule has 1 atom stereocenters. The molecule has 4 nitrogen and oxygen atoms in total. The lowest BCUT2D eigenvalue weighted by Gasteiger charge is -2.18. The van der Waals surface area contributed by atoms with Gasteiger partial charge in [-0.25, -0.2) is 9.55 Å². The lowest BCUT2D eigenvalue weighted by molar-refractivity contribution is -0.202. The van der Waals surface area contributed by atoms with Crippen molar-refractivity contribution >= 4 is 27.8 Å². The topological polar surface area (TPSA) is 55.1 Å². The van der Waals surface area contributed by atoms with E-state index in [0.717, 1.165) is 10.8 Å². The summed E-state index contributed by atoms with van der Waals surface area (Å²) in [4.78, 5) is 15.6. The Bertz CT molecular complexity index is 1200. The Morgan fingerprint density at radius 3 is 2.41 bits per heavy atom. The van der Waals surface area contributed by atoms with Gasteiger partial charge >= 0.3 is 12.3 Å². The molecule has 0 fully saturated rings. The maximum Gasteiger partial charge on any atom is 0.490 e. The number of benzene rings is 3. The van der Waals surface area contributed by atoms with Crippen molar-refractivity contribution in [2.45, 2.75) is 25.1 Å². The van der Waals surface area contributed by atoms with Crippen LogP contribution in [0.4, 0.5) is 13.2 Å². The highest BCUT2D eigenvalue weighted by Gasteiger charge is 2.36. The largest absolute Gasteiger partial charge is 0.490 e. The van der Waals surface area contributed by atoms with Crippen LogP contribution < -0.4 is 0 Å². The van der Waals surface area contributed by atoms with Crippen molar-refractivity contribution in [2.24, 2.45) is 0 Å². The third kappa shape index (κ3) is 3.81. The summed E-state index contributed by atoms with van der Waals surface area (Å²) in [5, 5.41) is 11.2. The van der Waals surface area contributed by atoms with E-state index in [2.05, 4.69) is 4.98 Å². The van der Waals surface area contributed by atoms with Gasteiger partial charge in [-0.05, 0) is 28.5 Å². The number of aliphatic carboxylic acids is 1. The Labute approximate surface area is 164 Å². The van der Waals surface area contributed by atoms with Gasteiger partial charge in [0.2, 0.25) is 0 Å². The predicted octanol–water partition coefficient (Wildman–Crippen LogP) is 5.47. The fourth-order valence-corrected chi connectivity index (χ4v) is 3.70. The minimum absolute atomic E-state index is 0.0393. The number of hydrogen-bond acceptors (Lipinski definition) is 2. The summed E-state index contributed by atoms with van der Waals surface area (Å²) in [7, 11) is 0. The molecule has 1 N–H and O–H groups in total. The zero-order valence-electron chi connectivity index (χ0n) is 15.2. The Balaban J connectivity index is 1.80. The van der Waals surface area contributed by atoms with Gasteiger partial charge in [0.15, 0.2) is 0 Å². The van der Waals surface area contributed by atoms with Crippen LogP contribution in [0, 0.1) is 0 Å². The molecule has 0 aliphatic heterocycles. The van der Waals surface area contributed by atoms with Gasteiger partial charge in [0.05, 0.1) is 17.5 Å². The molecule has 0 aliphatic carbocycles. The van der Waals surface area contributed by atoms with Gasteiger partial charge in [-0.2, -0.15) is 0 Å². The minimum atomic E-state index is -4.65. The first-order chi connectivity index (χ1) is 13.8. The molecule has 3 aromatic carbocycles. The Morgan fingerprint density at radius 2 is 1.69 bits per heavy atom. The average molecular weight is 398 g/mol. The molecule has 0 saturated carbocycles. The fraction of sp³-hybridized carbons (Fsp3) is 0.182. The highest BCUT2D eigenvalue weighted by Crippen LogP contribution is 2.34. The van der Waals surface area contributed by atoms with Crippen molar-refractivity contribution < 1.29 is 23.1 Å². The van der Waals surface area contributed by atoms with E-state index in [1.165, 1.54) is 18.2 Å². The van der Waals surface area contributed by atoms with Crippen molar-refractivity contribution in [3.05, 3.63) is 78.1 Å². The number of rotatable bonds is 5. The zero-order chi connectivity index (χ0) is 20.6. The molecule has 0 radical (unpaired) electrons. The van der Waals surface area contributed by atoms with Crippen molar-refractivity contribution in [1.82, 2.24) is 9.55 Å². The van der Waals surface area contributed by atoms with Gasteiger partial charge in [-0.15, -0.1) is 13.2 Å². The molecule has 1 heterocycles. The lowest BCUT2D eigenvalue weighted by atomic mass is 9.90. The summed E-state index contributed by atoms with van der Waals surface area (Å²) in [5.74, 6) is -1.91. The summed E-state index contributed by atoms with van der Waals surface area (Å²) >= 11 is 0. The maximum absolute atomic E-state index is 13.7. The normalized spacial score (nSPS) is 13.1. The van der Waals surface area contributed by atoms with Crippen molar-refractivity contribution in [1.29, 1.82) is 0 Å². The van der Waals surface area contributed by atoms with Gasteiger partial charge in [0.1, 0.15) is 5.82 Å². The molecule has 0 bridgehead atoms. The van der Waals surface area contributed by atoms with Crippen LogP contribution in [-0.4, -0.2) is 20.6 Å². The number of carboxylic acid groups (broad SMARTS) is 1. The lowest BCUT2D eigenvalue weighted by Crippen LogP contribution is -2.21. The number of halogens is 3. The second-order valence-electron chi connectivity index (χ2n) is 6.93. The van der Waals surface area contributed by atoms with Crippen LogP contribution in [0.25, 0.3) is 21.8 Å². The first kappa shape index (κ1) is 19.0. The zero-order valence-corrected chi connectivity index (χ0v) is 15.2. The first-order valence-electron chi connectivity index (χ1n) is 9.07. The highest BCUT2D eigenvalue weighted by molar-refractivity contribution is 5.83. The second kappa shape index (κ2) is 7.24. The number of nitrogens with zero attached hydrogens (tertiary/aromatic N) is 2. The van der Waals surface area contributed by atoms with Gasteiger partial charge in [0, 0.05) is 12.3 Å². The van der Waals surface area contributed by atoms with Crippen LogP contribution in [0.15, 0.2) is 66.7 Å². The van der Waals surface area contributed by atoms with E-state index in [-0.39, 0.29) is 34.3 Å². The number of hydrogen-bond donors (Lipinski definition) is 1. The molecular formula is C22H17F3N2O2. The number of imidazole rings is 1. The van der Waals surface area contributed by atoms with E-state index >= 15 is 0 Å². The van der Waals surface area contributed by atoms with Gasteiger partial charge in [-0.1, -0.05) is 54.6 Å². The number of carboxylic acids is 1. The smallest absolute Gasteiger partial charge is 0.481 e. The van der Waals surface area contributed by atoms with E-state index in [1.54, 1.807) is 12.1 Å². The Morgan fingerprint density at radius 1 is 1.00 bits per heavy atom. The van der Waals surface area contributed by atoms with Crippen molar-refractivity contribution in [3.63, 3.8) is 0 Å². The maximum atomic E-state index is 13.7. The SMILES string of the molecule is O=C(O)CC(Cc1nc2ccccc2n1C(F)(F)F)c1ccc2ccccc2c1. The third-order valence-corrected chi connectivity index (χ3v) is 4.98. The first-order valence-corrected chi connectivity index (χ1v) is 9.07. The Hall–Kier alpha value is -3.35. The predicted molar refractivity (Wildman–Crippen MR) is 104 cm³/mol. The van der Waals surface area contributed by atoms with E-state index in [9.17, 15) is 23.1 Å². The molecule has 4 rings (SSSR count). The fourth-order valence-electron chi connectivity index (χ4n) is 3.70. The second-order valence-corrected chi connectivity index (χ2v) is 6.93. The van der Waals surface area contributed by atoms with E-state index in [1.807, 2.05) is 36.4 Å². The van der Waals surface area contributed by atoms with E-state index in [4.69, 9.17) is 0 Å². The molecule has 0 spiro atoms. The minimum Gasteiger partial charge on any atom is -0.481 e. The summed E-state index contributed by atoms with van der Waals surface area (Å²) in [6, 6.07) is 19.1. The molecule has 1 unspecified atom stereocenters.